The number of hydrogen-bond donors (Lipinski definition) is 0. The third kappa shape index (κ3) is 5.48. The summed E-state index contributed by atoms with van der Waals surface area (Å²) in [4.78, 5) is 0. The predicted molar refractivity (Wildman–Crippen MR) is 62.6 cm³/mol. The van der Waals surface area contributed by atoms with Crippen molar-refractivity contribution in [1.29, 1.82) is 0 Å². The van der Waals surface area contributed by atoms with E-state index < -0.39 is 0 Å². The van der Waals surface area contributed by atoms with E-state index in [2.05, 4.69) is 41.5 Å². The van der Waals surface area contributed by atoms with E-state index in [4.69, 9.17) is 9.05 Å². The second-order valence-electron chi connectivity index (χ2n) is 2.14. The van der Waals surface area contributed by atoms with Gasteiger partial charge in [-0.05, 0) is 16.6 Å². The monoisotopic (exact) mass is 306 g/mol. The first-order chi connectivity index (χ1) is 5.26. The zero-order valence-corrected chi connectivity index (χ0v) is 10.9. The highest BCUT2D eigenvalue weighted by Gasteiger charge is 2.07. The van der Waals surface area contributed by atoms with Crippen molar-refractivity contribution in [2.45, 2.75) is 19.4 Å². The topological polar surface area (TPSA) is 18.5 Å². The molecule has 0 bridgehead atoms. The molecule has 0 radical (unpaired) electrons. The fourth-order valence-electron chi connectivity index (χ4n) is 0.648. The second-order valence-corrected chi connectivity index (χ2v) is 3.37. The summed E-state index contributed by atoms with van der Waals surface area (Å²) >= 11 is 2.21. The lowest BCUT2D eigenvalue weighted by atomic mass is 10.1. The number of halogens is 1. The molecule has 0 aromatic heterocycles. The van der Waals surface area contributed by atoms with Crippen molar-refractivity contribution >= 4 is 41.5 Å². The fraction of sp³-hybridized carbons (Fsp3) is 0.667. The summed E-state index contributed by atoms with van der Waals surface area (Å²) in [7, 11) is 4.51. The Hall–Kier alpha value is 1.25. The van der Waals surface area contributed by atoms with Crippen LogP contribution in [0.1, 0.15) is 13.3 Å². The molecular weight excluding hydrogens is 293 g/mol. The van der Waals surface area contributed by atoms with Gasteiger partial charge in [-0.3, -0.25) is 0 Å². The van der Waals surface area contributed by atoms with Crippen LogP contribution in [0.4, 0.5) is 0 Å². The highest BCUT2D eigenvalue weighted by atomic mass is 127. The molecule has 0 aromatic carbocycles. The first-order valence-corrected chi connectivity index (χ1v) is 5.39. The molecule has 0 aliphatic carbocycles. The molecular formula is C6H13IO2P2. The van der Waals surface area contributed by atoms with Gasteiger partial charge in [-0.25, -0.2) is 0 Å². The molecule has 66 valence electrons. The quantitative estimate of drug-likeness (QED) is 0.574. The highest BCUT2D eigenvalue weighted by Crippen LogP contribution is 2.15. The molecule has 0 saturated heterocycles. The summed E-state index contributed by atoms with van der Waals surface area (Å²) in [6.07, 6.45) is 1.05. The van der Waals surface area contributed by atoms with Gasteiger partial charge in [0.25, 0.3) is 0 Å². The van der Waals surface area contributed by atoms with Gasteiger partial charge in [-0.1, -0.05) is 22.6 Å². The fourth-order valence-corrected chi connectivity index (χ4v) is 1.54. The molecule has 0 rings (SSSR count). The zero-order chi connectivity index (χ0) is 8.69. The van der Waals surface area contributed by atoms with Crippen LogP contribution in [0.25, 0.3) is 0 Å². The molecule has 3 atom stereocenters. The lowest BCUT2D eigenvalue weighted by molar-refractivity contribution is 0.227. The summed E-state index contributed by atoms with van der Waals surface area (Å²) in [5, 5.41) is 0. The predicted octanol–water partition coefficient (Wildman–Crippen LogP) is 2.70. The van der Waals surface area contributed by atoms with Crippen LogP contribution >= 0.6 is 41.5 Å². The molecule has 0 aliphatic heterocycles. The van der Waals surface area contributed by atoms with E-state index in [9.17, 15) is 0 Å². The first kappa shape index (κ1) is 12.2. The molecule has 5 heteroatoms. The van der Waals surface area contributed by atoms with E-state index >= 15 is 0 Å². The Balaban J connectivity index is 3.75. The van der Waals surface area contributed by atoms with Crippen molar-refractivity contribution in [2.75, 3.05) is 6.61 Å². The maximum Gasteiger partial charge on any atom is 0.0847 e. The van der Waals surface area contributed by atoms with Gasteiger partial charge in [0, 0.05) is 25.4 Å². The minimum Gasteiger partial charge on any atom is -0.366 e. The Kier molecular flexibility index (Phi) is 8.77. The van der Waals surface area contributed by atoms with E-state index in [0.29, 0.717) is 6.61 Å². The van der Waals surface area contributed by atoms with Gasteiger partial charge in [-0.15, -0.1) is 0 Å². The average Bonchev–Trinajstić information content (AvgIpc) is 2.05. The third-order valence-electron chi connectivity index (χ3n) is 1.34. The van der Waals surface area contributed by atoms with Crippen LogP contribution in [0.15, 0.2) is 9.66 Å². The molecule has 0 heterocycles. The van der Waals surface area contributed by atoms with E-state index in [-0.39, 0.29) is 6.10 Å². The Morgan fingerprint density at radius 2 is 2.27 bits per heavy atom. The number of hydrogen-bond acceptors (Lipinski definition) is 2. The van der Waals surface area contributed by atoms with Gasteiger partial charge in [0.05, 0.1) is 12.7 Å². The van der Waals surface area contributed by atoms with Crippen LogP contribution in [-0.2, 0) is 9.05 Å². The van der Waals surface area contributed by atoms with Crippen molar-refractivity contribution < 1.29 is 9.05 Å². The first-order valence-electron chi connectivity index (χ1n) is 3.20. The van der Waals surface area contributed by atoms with Gasteiger partial charge < -0.3 is 9.05 Å². The minimum absolute atomic E-state index is 0.164. The van der Waals surface area contributed by atoms with Crippen LogP contribution in [-0.4, -0.2) is 12.7 Å². The van der Waals surface area contributed by atoms with E-state index in [1.54, 1.807) is 0 Å². The molecule has 11 heavy (non-hydrogen) atoms. The summed E-state index contributed by atoms with van der Waals surface area (Å²) in [5.74, 6) is 0. The third-order valence-corrected chi connectivity index (χ3v) is 2.89. The maximum atomic E-state index is 5.16. The van der Waals surface area contributed by atoms with Crippen molar-refractivity contribution in [1.82, 2.24) is 0 Å². The van der Waals surface area contributed by atoms with Gasteiger partial charge in [0.15, 0.2) is 0 Å². The maximum absolute atomic E-state index is 5.16. The highest BCUT2D eigenvalue weighted by molar-refractivity contribution is 14.1. The molecule has 0 aliphatic rings. The summed E-state index contributed by atoms with van der Waals surface area (Å²) < 4.78 is 12.0. The molecule has 0 spiro atoms. The minimum atomic E-state index is 0.164. The lowest BCUT2D eigenvalue weighted by Gasteiger charge is -2.14. The van der Waals surface area contributed by atoms with Gasteiger partial charge >= 0.3 is 0 Å². The SMILES string of the molecule is CC(=CI)[C@@H](CCOP)OP. The van der Waals surface area contributed by atoms with E-state index in [1.165, 1.54) is 5.57 Å². The molecule has 2 nitrogen and oxygen atoms in total. The Morgan fingerprint density at radius 1 is 1.64 bits per heavy atom. The van der Waals surface area contributed by atoms with E-state index in [1.807, 2.05) is 11.0 Å². The summed E-state index contributed by atoms with van der Waals surface area (Å²) in [5.41, 5.74) is 1.22. The Morgan fingerprint density at radius 3 is 2.64 bits per heavy atom. The lowest BCUT2D eigenvalue weighted by Crippen LogP contribution is -2.11. The summed E-state index contributed by atoms with van der Waals surface area (Å²) in [6, 6.07) is 0. The molecule has 0 N–H and O–H groups in total. The molecule has 0 aromatic rings. The van der Waals surface area contributed by atoms with Crippen LogP contribution in [0, 0.1) is 0 Å². The molecule has 0 amide bonds. The standard InChI is InChI=1S/C6H13IO2P2/c1-5(4-7)6(9-11)2-3-8-10/h4,6H,2-3,10-11H2,1H3/t6-/m1/s1. The Bertz CT molecular complexity index is 130. The molecule has 2 unspecified atom stereocenters. The molecule has 0 fully saturated rings. The van der Waals surface area contributed by atoms with Crippen LogP contribution in [0.3, 0.4) is 0 Å². The van der Waals surface area contributed by atoms with Crippen LogP contribution < -0.4 is 0 Å². The normalized spacial score (nSPS) is 15.1. The Labute approximate surface area is 86.2 Å². The smallest absolute Gasteiger partial charge is 0.0847 e. The zero-order valence-electron chi connectivity index (χ0n) is 6.42. The number of rotatable bonds is 5. The van der Waals surface area contributed by atoms with Crippen LogP contribution in [0.2, 0.25) is 0 Å². The van der Waals surface area contributed by atoms with Gasteiger partial charge in [-0.2, -0.15) is 0 Å². The van der Waals surface area contributed by atoms with E-state index in [0.717, 1.165) is 6.42 Å². The largest absolute Gasteiger partial charge is 0.366 e. The van der Waals surface area contributed by atoms with Crippen molar-refractivity contribution in [3.8, 4) is 0 Å². The van der Waals surface area contributed by atoms with Gasteiger partial charge in [0.1, 0.15) is 0 Å². The molecule has 0 saturated carbocycles. The average molecular weight is 306 g/mol. The summed E-state index contributed by atoms with van der Waals surface area (Å²) in [6.45, 7) is 2.75. The van der Waals surface area contributed by atoms with Crippen LogP contribution in [0.5, 0.6) is 0 Å². The van der Waals surface area contributed by atoms with Gasteiger partial charge in [0.2, 0.25) is 0 Å². The second kappa shape index (κ2) is 7.88. The van der Waals surface area contributed by atoms with Crippen molar-refractivity contribution in [3.05, 3.63) is 9.66 Å². The van der Waals surface area contributed by atoms with Crippen molar-refractivity contribution in [3.63, 3.8) is 0 Å². The van der Waals surface area contributed by atoms with Crippen molar-refractivity contribution in [2.24, 2.45) is 0 Å².